The number of hydrogen-bond donors (Lipinski definition) is 1. The summed E-state index contributed by atoms with van der Waals surface area (Å²) in [5.41, 5.74) is 2.55. The molecule has 0 bridgehead atoms. The van der Waals surface area contributed by atoms with Gasteiger partial charge in [-0.3, -0.25) is 4.79 Å². The topological polar surface area (TPSA) is 81.2 Å². The summed E-state index contributed by atoms with van der Waals surface area (Å²) in [7, 11) is 0. The highest BCUT2D eigenvalue weighted by atomic mass is 32.1. The molecule has 0 spiro atoms. The van der Waals surface area contributed by atoms with Gasteiger partial charge >= 0.3 is 0 Å². The van der Waals surface area contributed by atoms with Crippen molar-refractivity contribution in [2.75, 3.05) is 0 Å². The van der Waals surface area contributed by atoms with Gasteiger partial charge in [0, 0.05) is 18.1 Å². The Balaban J connectivity index is 1.49. The fraction of sp³-hybridized carbons (Fsp3) is 0.312. The summed E-state index contributed by atoms with van der Waals surface area (Å²) < 4.78 is 10.4. The lowest BCUT2D eigenvalue weighted by molar-refractivity contribution is -0.121. The SMILES string of the molecule is Cc1noc(C)c1CCC(=O)NCc1cc(-c2cccs2)on1. The molecular formula is C16H17N3O3S. The number of nitrogens with zero attached hydrogens (tertiary/aromatic N) is 2. The van der Waals surface area contributed by atoms with Gasteiger partial charge in [-0.05, 0) is 31.7 Å². The van der Waals surface area contributed by atoms with Gasteiger partial charge < -0.3 is 14.4 Å². The number of nitrogens with one attached hydrogen (secondary N) is 1. The molecule has 6 nitrogen and oxygen atoms in total. The van der Waals surface area contributed by atoms with Gasteiger partial charge in [0.15, 0.2) is 5.76 Å². The summed E-state index contributed by atoms with van der Waals surface area (Å²) in [6.45, 7) is 4.09. The van der Waals surface area contributed by atoms with Crippen molar-refractivity contribution in [1.29, 1.82) is 0 Å². The Morgan fingerprint density at radius 1 is 1.30 bits per heavy atom. The summed E-state index contributed by atoms with van der Waals surface area (Å²) in [5, 5.41) is 12.7. The molecule has 3 aromatic heterocycles. The molecule has 0 radical (unpaired) electrons. The number of amides is 1. The largest absolute Gasteiger partial charge is 0.361 e. The lowest BCUT2D eigenvalue weighted by atomic mass is 10.1. The zero-order valence-electron chi connectivity index (χ0n) is 13.0. The van der Waals surface area contributed by atoms with Crippen molar-refractivity contribution >= 4 is 17.2 Å². The van der Waals surface area contributed by atoms with Crippen LogP contribution in [0.25, 0.3) is 10.6 Å². The molecule has 3 heterocycles. The van der Waals surface area contributed by atoms with Crippen molar-refractivity contribution in [3.63, 3.8) is 0 Å². The van der Waals surface area contributed by atoms with Gasteiger partial charge in [-0.2, -0.15) is 0 Å². The first-order valence-corrected chi connectivity index (χ1v) is 8.19. The predicted molar refractivity (Wildman–Crippen MR) is 86.0 cm³/mol. The van der Waals surface area contributed by atoms with Crippen LogP contribution in [0.4, 0.5) is 0 Å². The fourth-order valence-electron chi connectivity index (χ4n) is 2.30. The van der Waals surface area contributed by atoms with Gasteiger partial charge in [-0.25, -0.2) is 0 Å². The van der Waals surface area contributed by atoms with Gasteiger partial charge in [0.25, 0.3) is 0 Å². The Morgan fingerprint density at radius 2 is 2.17 bits per heavy atom. The van der Waals surface area contributed by atoms with Crippen LogP contribution in [0.1, 0.15) is 29.1 Å². The summed E-state index contributed by atoms with van der Waals surface area (Å²) in [4.78, 5) is 13.0. The van der Waals surface area contributed by atoms with Gasteiger partial charge in [-0.15, -0.1) is 11.3 Å². The van der Waals surface area contributed by atoms with Crippen LogP contribution >= 0.6 is 11.3 Å². The minimum atomic E-state index is -0.0364. The standard InChI is InChI=1S/C16H17N3O3S/c1-10-13(11(2)21-18-10)5-6-16(20)17-9-12-8-14(22-19-12)15-4-3-7-23-15/h3-4,7-8H,5-6,9H2,1-2H3,(H,17,20). The molecule has 0 aliphatic rings. The molecule has 23 heavy (non-hydrogen) atoms. The van der Waals surface area contributed by atoms with Crippen molar-refractivity contribution in [3.05, 3.63) is 46.3 Å². The third-order valence-electron chi connectivity index (χ3n) is 3.57. The van der Waals surface area contributed by atoms with Crippen molar-refractivity contribution in [2.45, 2.75) is 33.2 Å². The third-order valence-corrected chi connectivity index (χ3v) is 4.46. The van der Waals surface area contributed by atoms with E-state index in [9.17, 15) is 4.79 Å². The molecule has 120 valence electrons. The average Bonchev–Trinajstić information content (AvgIpc) is 3.25. The molecule has 3 rings (SSSR count). The lowest BCUT2D eigenvalue weighted by Gasteiger charge is -2.02. The first-order chi connectivity index (χ1) is 11.1. The molecule has 0 saturated heterocycles. The Kier molecular flexibility index (Phi) is 4.57. The number of rotatable bonds is 6. The monoisotopic (exact) mass is 331 g/mol. The maximum atomic E-state index is 12.0. The van der Waals surface area contributed by atoms with Gasteiger partial charge in [0.1, 0.15) is 11.5 Å². The quantitative estimate of drug-likeness (QED) is 0.750. The molecule has 0 aliphatic carbocycles. The van der Waals surface area contributed by atoms with E-state index in [1.807, 2.05) is 37.4 Å². The number of thiophene rings is 1. The van der Waals surface area contributed by atoms with E-state index in [0.29, 0.717) is 25.1 Å². The fourth-order valence-corrected chi connectivity index (χ4v) is 2.98. The zero-order chi connectivity index (χ0) is 16.2. The second-order valence-corrected chi connectivity index (χ2v) is 6.19. The van der Waals surface area contributed by atoms with Crippen molar-refractivity contribution in [1.82, 2.24) is 15.6 Å². The van der Waals surface area contributed by atoms with Gasteiger partial charge in [0.2, 0.25) is 5.91 Å². The molecule has 0 aliphatic heterocycles. The first kappa shape index (κ1) is 15.5. The highest BCUT2D eigenvalue weighted by Gasteiger charge is 2.12. The number of carbonyl (C=O) groups is 1. The van der Waals surface area contributed by atoms with E-state index in [1.165, 1.54) is 0 Å². The van der Waals surface area contributed by atoms with E-state index < -0.39 is 0 Å². The number of aromatic nitrogens is 2. The number of hydrogen-bond acceptors (Lipinski definition) is 6. The van der Waals surface area contributed by atoms with E-state index in [2.05, 4.69) is 15.6 Å². The van der Waals surface area contributed by atoms with Crippen molar-refractivity contribution < 1.29 is 13.8 Å². The molecular weight excluding hydrogens is 314 g/mol. The molecule has 0 unspecified atom stereocenters. The summed E-state index contributed by atoms with van der Waals surface area (Å²) in [5.74, 6) is 1.46. The van der Waals surface area contributed by atoms with E-state index in [-0.39, 0.29) is 5.91 Å². The van der Waals surface area contributed by atoms with Crippen LogP contribution in [-0.4, -0.2) is 16.2 Å². The average molecular weight is 331 g/mol. The van der Waals surface area contributed by atoms with Crippen molar-refractivity contribution in [3.8, 4) is 10.6 Å². The minimum absolute atomic E-state index is 0.0364. The Bertz CT molecular complexity index is 770. The highest BCUT2D eigenvalue weighted by Crippen LogP contribution is 2.25. The maximum absolute atomic E-state index is 12.0. The molecule has 0 atom stereocenters. The normalized spacial score (nSPS) is 10.9. The van der Waals surface area contributed by atoms with Crippen LogP contribution in [0.15, 0.2) is 32.6 Å². The first-order valence-electron chi connectivity index (χ1n) is 7.31. The van der Waals surface area contributed by atoms with Crippen LogP contribution in [0.3, 0.4) is 0 Å². The van der Waals surface area contributed by atoms with E-state index in [0.717, 1.165) is 27.7 Å². The summed E-state index contributed by atoms with van der Waals surface area (Å²) in [6, 6.07) is 5.77. The van der Waals surface area contributed by atoms with Crippen LogP contribution in [0, 0.1) is 13.8 Å². The Morgan fingerprint density at radius 3 is 2.87 bits per heavy atom. The lowest BCUT2D eigenvalue weighted by Crippen LogP contribution is -2.23. The predicted octanol–water partition coefficient (Wildman–Crippen LogP) is 3.26. The van der Waals surface area contributed by atoms with E-state index in [4.69, 9.17) is 9.05 Å². The van der Waals surface area contributed by atoms with Crippen LogP contribution in [-0.2, 0) is 17.8 Å². The summed E-state index contributed by atoms with van der Waals surface area (Å²) >= 11 is 1.59. The molecule has 1 amide bonds. The van der Waals surface area contributed by atoms with Crippen LogP contribution < -0.4 is 5.32 Å². The minimum Gasteiger partial charge on any atom is -0.361 e. The van der Waals surface area contributed by atoms with Gasteiger partial charge in [-0.1, -0.05) is 16.4 Å². The number of carbonyl (C=O) groups excluding carboxylic acids is 1. The molecule has 0 aromatic carbocycles. The Hall–Kier alpha value is -2.41. The van der Waals surface area contributed by atoms with Crippen molar-refractivity contribution in [2.24, 2.45) is 0 Å². The third kappa shape index (κ3) is 3.68. The Labute approximate surface area is 137 Å². The molecule has 3 aromatic rings. The molecule has 0 fully saturated rings. The van der Waals surface area contributed by atoms with E-state index in [1.54, 1.807) is 11.3 Å². The smallest absolute Gasteiger partial charge is 0.220 e. The van der Waals surface area contributed by atoms with Crippen LogP contribution in [0.2, 0.25) is 0 Å². The van der Waals surface area contributed by atoms with Crippen LogP contribution in [0.5, 0.6) is 0 Å². The second kappa shape index (κ2) is 6.78. The van der Waals surface area contributed by atoms with E-state index >= 15 is 0 Å². The zero-order valence-corrected chi connectivity index (χ0v) is 13.8. The summed E-state index contributed by atoms with van der Waals surface area (Å²) in [6.07, 6.45) is 1.00. The van der Waals surface area contributed by atoms with Gasteiger partial charge in [0.05, 0.1) is 17.1 Å². The molecule has 7 heteroatoms. The molecule has 1 N–H and O–H groups in total. The number of aryl methyl sites for hydroxylation is 2. The highest BCUT2D eigenvalue weighted by molar-refractivity contribution is 7.13. The molecule has 0 saturated carbocycles. The maximum Gasteiger partial charge on any atom is 0.220 e. The second-order valence-electron chi connectivity index (χ2n) is 5.24.